The van der Waals surface area contributed by atoms with Gasteiger partial charge in [0, 0.05) is 11.8 Å². The van der Waals surface area contributed by atoms with E-state index in [4.69, 9.17) is 0 Å². The molecule has 0 heterocycles. The van der Waals surface area contributed by atoms with Crippen LogP contribution in [0.2, 0.25) is 0 Å². The molecule has 0 saturated carbocycles. The van der Waals surface area contributed by atoms with Gasteiger partial charge in [-0.15, -0.1) is 0 Å². The third kappa shape index (κ3) is 4.10. The summed E-state index contributed by atoms with van der Waals surface area (Å²) in [7, 11) is 0. The van der Waals surface area contributed by atoms with Crippen LogP contribution in [0.15, 0.2) is 97.1 Å². The molecule has 4 rings (SSSR count). The lowest BCUT2D eigenvalue weighted by atomic mass is 10.0. The zero-order chi connectivity index (χ0) is 19.3. The largest absolute Gasteiger partial charge is 0.508 e. The third-order valence-corrected chi connectivity index (χ3v) is 4.54. The van der Waals surface area contributed by atoms with E-state index in [-0.39, 0.29) is 11.7 Å². The van der Waals surface area contributed by atoms with Gasteiger partial charge in [-0.05, 0) is 63.9 Å². The van der Waals surface area contributed by atoms with Crippen LogP contribution in [0.25, 0.3) is 28.0 Å². The van der Waals surface area contributed by atoms with Crippen molar-refractivity contribution in [2.24, 2.45) is 0 Å². The maximum atomic E-state index is 12.1. The molecular weight excluding hydrogens is 346 g/mol. The van der Waals surface area contributed by atoms with Crippen LogP contribution in [0, 0.1) is 0 Å². The predicted molar refractivity (Wildman–Crippen MR) is 115 cm³/mol. The molecular formula is C25H19NO2. The molecule has 0 atom stereocenters. The number of hydrogen-bond acceptors (Lipinski definition) is 2. The SMILES string of the molecule is O=C(C=Cc1ccccc1)Nc1ccc(-c2ccc3cc(O)ccc3c2)cc1. The van der Waals surface area contributed by atoms with Gasteiger partial charge in [0.15, 0.2) is 0 Å². The second kappa shape index (κ2) is 7.80. The summed E-state index contributed by atoms with van der Waals surface area (Å²) in [5.74, 6) is 0.101. The molecule has 0 aliphatic rings. The Balaban J connectivity index is 1.47. The van der Waals surface area contributed by atoms with E-state index in [2.05, 4.69) is 11.4 Å². The second-order valence-corrected chi connectivity index (χ2v) is 6.56. The first-order valence-corrected chi connectivity index (χ1v) is 9.05. The molecule has 0 bridgehead atoms. The van der Waals surface area contributed by atoms with Gasteiger partial charge < -0.3 is 10.4 Å². The topological polar surface area (TPSA) is 49.3 Å². The monoisotopic (exact) mass is 365 g/mol. The maximum Gasteiger partial charge on any atom is 0.248 e. The number of benzene rings is 4. The zero-order valence-electron chi connectivity index (χ0n) is 15.2. The molecule has 1 amide bonds. The van der Waals surface area contributed by atoms with Crippen molar-refractivity contribution in [3.05, 3.63) is 103 Å². The van der Waals surface area contributed by atoms with Crippen molar-refractivity contribution in [3.63, 3.8) is 0 Å². The molecule has 0 aromatic heterocycles. The maximum absolute atomic E-state index is 12.1. The van der Waals surface area contributed by atoms with Crippen LogP contribution < -0.4 is 5.32 Å². The summed E-state index contributed by atoms with van der Waals surface area (Å²) in [4.78, 5) is 12.1. The molecule has 4 aromatic carbocycles. The van der Waals surface area contributed by atoms with Crippen LogP contribution in [-0.4, -0.2) is 11.0 Å². The smallest absolute Gasteiger partial charge is 0.248 e. The van der Waals surface area contributed by atoms with Gasteiger partial charge in [-0.3, -0.25) is 4.79 Å². The van der Waals surface area contributed by atoms with Gasteiger partial charge in [0.2, 0.25) is 5.91 Å². The number of fused-ring (bicyclic) bond motifs is 1. The Morgan fingerprint density at radius 3 is 2.21 bits per heavy atom. The van der Waals surface area contributed by atoms with E-state index in [9.17, 15) is 9.90 Å². The fraction of sp³-hybridized carbons (Fsp3) is 0. The van der Waals surface area contributed by atoms with Gasteiger partial charge in [0.25, 0.3) is 0 Å². The van der Waals surface area contributed by atoms with E-state index in [0.717, 1.165) is 33.2 Å². The van der Waals surface area contributed by atoms with Crippen LogP contribution in [0.3, 0.4) is 0 Å². The molecule has 3 heteroatoms. The summed E-state index contributed by atoms with van der Waals surface area (Å²) < 4.78 is 0. The van der Waals surface area contributed by atoms with Crippen molar-refractivity contribution in [1.82, 2.24) is 0 Å². The van der Waals surface area contributed by atoms with Gasteiger partial charge in [-0.2, -0.15) is 0 Å². The Morgan fingerprint density at radius 2 is 1.43 bits per heavy atom. The molecule has 0 aliphatic carbocycles. The molecule has 0 unspecified atom stereocenters. The van der Waals surface area contributed by atoms with E-state index >= 15 is 0 Å². The molecule has 0 saturated heterocycles. The van der Waals surface area contributed by atoms with Crippen LogP contribution >= 0.6 is 0 Å². The molecule has 136 valence electrons. The highest BCUT2D eigenvalue weighted by Gasteiger charge is 2.03. The van der Waals surface area contributed by atoms with Gasteiger partial charge in [-0.1, -0.05) is 60.7 Å². The summed E-state index contributed by atoms with van der Waals surface area (Å²) >= 11 is 0. The minimum atomic E-state index is -0.165. The van der Waals surface area contributed by atoms with Gasteiger partial charge >= 0.3 is 0 Å². The molecule has 0 aliphatic heterocycles. The Bertz CT molecular complexity index is 1150. The van der Waals surface area contributed by atoms with Crippen molar-refractivity contribution >= 4 is 28.4 Å². The fourth-order valence-corrected chi connectivity index (χ4v) is 3.08. The molecule has 0 fully saturated rings. The Kier molecular flexibility index (Phi) is 4.89. The summed E-state index contributed by atoms with van der Waals surface area (Å²) in [6.07, 6.45) is 3.32. The highest BCUT2D eigenvalue weighted by Crippen LogP contribution is 2.27. The Labute approximate surface area is 163 Å². The lowest BCUT2D eigenvalue weighted by Gasteiger charge is -2.07. The van der Waals surface area contributed by atoms with Crippen molar-refractivity contribution in [2.45, 2.75) is 0 Å². The molecule has 4 aromatic rings. The number of hydrogen-bond donors (Lipinski definition) is 2. The van der Waals surface area contributed by atoms with Crippen molar-refractivity contribution in [3.8, 4) is 16.9 Å². The average Bonchev–Trinajstić information content (AvgIpc) is 2.73. The number of amides is 1. The normalized spacial score (nSPS) is 11.0. The minimum absolute atomic E-state index is 0.165. The highest BCUT2D eigenvalue weighted by atomic mass is 16.3. The number of phenols is 1. The third-order valence-electron chi connectivity index (χ3n) is 4.54. The summed E-state index contributed by atoms with van der Waals surface area (Å²) in [6, 6.07) is 28.9. The second-order valence-electron chi connectivity index (χ2n) is 6.56. The van der Waals surface area contributed by atoms with Gasteiger partial charge in [0.05, 0.1) is 0 Å². The number of nitrogens with one attached hydrogen (secondary N) is 1. The molecule has 3 nitrogen and oxygen atoms in total. The van der Waals surface area contributed by atoms with E-state index in [1.807, 2.05) is 72.8 Å². The summed E-state index contributed by atoms with van der Waals surface area (Å²) in [5.41, 5.74) is 3.88. The average molecular weight is 365 g/mol. The molecule has 0 radical (unpaired) electrons. The van der Waals surface area contributed by atoms with Crippen molar-refractivity contribution in [1.29, 1.82) is 0 Å². The Hall–Kier alpha value is -3.85. The van der Waals surface area contributed by atoms with Crippen LogP contribution in [0.5, 0.6) is 5.75 Å². The zero-order valence-corrected chi connectivity index (χ0v) is 15.2. The molecule has 0 spiro atoms. The van der Waals surface area contributed by atoms with Gasteiger partial charge in [0.1, 0.15) is 5.75 Å². The lowest BCUT2D eigenvalue weighted by molar-refractivity contribution is -0.111. The minimum Gasteiger partial charge on any atom is -0.508 e. The predicted octanol–water partition coefficient (Wildman–Crippen LogP) is 5.86. The van der Waals surface area contributed by atoms with E-state index in [1.54, 1.807) is 18.2 Å². The van der Waals surface area contributed by atoms with Crippen LogP contribution in [0.1, 0.15) is 5.56 Å². The quantitative estimate of drug-likeness (QED) is 0.445. The lowest BCUT2D eigenvalue weighted by Crippen LogP contribution is -2.07. The fourth-order valence-electron chi connectivity index (χ4n) is 3.08. The van der Waals surface area contributed by atoms with E-state index in [0.29, 0.717) is 0 Å². The molecule has 28 heavy (non-hydrogen) atoms. The number of carbonyl (C=O) groups is 1. The summed E-state index contributed by atoms with van der Waals surface area (Å²) in [5, 5.41) is 14.5. The summed E-state index contributed by atoms with van der Waals surface area (Å²) in [6.45, 7) is 0. The first-order valence-electron chi connectivity index (χ1n) is 9.05. The number of anilines is 1. The van der Waals surface area contributed by atoms with E-state index < -0.39 is 0 Å². The number of carbonyl (C=O) groups excluding carboxylic acids is 1. The first-order chi connectivity index (χ1) is 13.7. The number of phenolic OH excluding ortho intramolecular Hbond substituents is 1. The highest BCUT2D eigenvalue weighted by molar-refractivity contribution is 6.02. The first kappa shape index (κ1) is 17.6. The van der Waals surface area contributed by atoms with Crippen molar-refractivity contribution < 1.29 is 9.90 Å². The number of rotatable bonds is 4. The standard InChI is InChI=1S/C25H19NO2/c27-24-14-11-21-16-20(7-8-22(21)17-24)19-9-12-23(13-10-19)26-25(28)15-6-18-4-2-1-3-5-18/h1-17,27H,(H,26,28). The number of aromatic hydroxyl groups is 1. The van der Waals surface area contributed by atoms with Crippen LogP contribution in [0.4, 0.5) is 5.69 Å². The van der Waals surface area contributed by atoms with Gasteiger partial charge in [-0.25, -0.2) is 0 Å². The van der Waals surface area contributed by atoms with E-state index in [1.165, 1.54) is 6.08 Å². The van der Waals surface area contributed by atoms with Crippen LogP contribution in [-0.2, 0) is 4.79 Å². The molecule has 2 N–H and O–H groups in total. The Morgan fingerprint density at radius 1 is 0.750 bits per heavy atom. The van der Waals surface area contributed by atoms with Crippen molar-refractivity contribution in [2.75, 3.05) is 5.32 Å².